The van der Waals surface area contributed by atoms with Crippen LogP contribution in [0, 0.1) is 5.82 Å². The second-order valence-electron chi connectivity index (χ2n) is 5.02. The molecule has 3 aromatic rings. The molecule has 0 bridgehead atoms. The Balaban J connectivity index is 1.86. The third kappa shape index (κ3) is 2.76. The molecule has 5 heteroatoms. The second-order valence-corrected chi connectivity index (χ2v) is 5.88. The molecule has 2 aromatic carbocycles. The third-order valence-corrected chi connectivity index (χ3v) is 4.04. The highest BCUT2D eigenvalue weighted by Crippen LogP contribution is 2.27. The predicted octanol–water partition coefficient (Wildman–Crippen LogP) is 4.61. The van der Waals surface area contributed by atoms with Gasteiger partial charge in [0.05, 0.1) is 4.47 Å². The second kappa shape index (κ2) is 5.93. The van der Waals surface area contributed by atoms with Gasteiger partial charge in [0.2, 0.25) is 0 Å². The molecule has 0 saturated carbocycles. The number of carbonyl (C=O) groups excluding carboxylic acids is 1. The maximum absolute atomic E-state index is 13.7. The molecule has 0 N–H and O–H groups in total. The molecule has 3 nitrogen and oxygen atoms in total. The Labute approximate surface area is 135 Å². The zero-order chi connectivity index (χ0) is 15.7. The molecule has 0 spiro atoms. The van der Waals surface area contributed by atoms with Gasteiger partial charge >= 0.3 is 0 Å². The molecule has 22 heavy (non-hydrogen) atoms. The van der Waals surface area contributed by atoms with Crippen LogP contribution in [0.4, 0.5) is 4.39 Å². The van der Waals surface area contributed by atoms with E-state index in [1.807, 2.05) is 18.2 Å². The number of hydrogen-bond acceptors (Lipinski definition) is 2. The Morgan fingerprint density at radius 2 is 2.00 bits per heavy atom. The smallest absolute Gasteiger partial charge is 0.289 e. The van der Waals surface area contributed by atoms with Crippen LogP contribution in [0.2, 0.25) is 0 Å². The Hall–Kier alpha value is -2.14. The Morgan fingerprint density at radius 1 is 1.23 bits per heavy atom. The van der Waals surface area contributed by atoms with Crippen molar-refractivity contribution in [2.24, 2.45) is 0 Å². The van der Waals surface area contributed by atoms with Gasteiger partial charge in [0.1, 0.15) is 11.4 Å². The van der Waals surface area contributed by atoms with E-state index >= 15 is 0 Å². The number of nitrogens with zero attached hydrogens (tertiary/aromatic N) is 1. The summed E-state index contributed by atoms with van der Waals surface area (Å²) in [4.78, 5) is 13.9. The SMILES string of the molecule is CN(Cc1ccccc1F)C(=O)c1cc2cccc(Br)c2o1. The van der Waals surface area contributed by atoms with Gasteiger partial charge in [-0.25, -0.2) is 4.39 Å². The maximum Gasteiger partial charge on any atom is 0.289 e. The number of furan rings is 1. The van der Waals surface area contributed by atoms with E-state index in [0.29, 0.717) is 11.1 Å². The fourth-order valence-corrected chi connectivity index (χ4v) is 2.74. The summed E-state index contributed by atoms with van der Waals surface area (Å²) in [7, 11) is 1.62. The van der Waals surface area contributed by atoms with Crippen LogP contribution >= 0.6 is 15.9 Å². The lowest BCUT2D eigenvalue weighted by Crippen LogP contribution is -2.26. The van der Waals surface area contributed by atoms with Crippen molar-refractivity contribution in [2.75, 3.05) is 7.05 Å². The average molecular weight is 362 g/mol. The van der Waals surface area contributed by atoms with Crippen LogP contribution in [-0.2, 0) is 6.54 Å². The Bertz CT molecular complexity index is 844. The van der Waals surface area contributed by atoms with Crippen molar-refractivity contribution in [3.63, 3.8) is 0 Å². The number of halogens is 2. The summed E-state index contributed by atoms with van der Waals surface area (Å²) in [6, 6.07) is 13.7. The van der Waals surface area contributed by atoms with E-state index in [1.54, 1.807) is 31.3 Å². The van der Waals surface area contributed by atoms with Gasteiger partial charge in [-0.05, 0) is 34.1 Å². The summed E-state index contributed by atoms with van der Waals surface area (Å²) in [6.07, 6.45) is 0. The molecule has 1 aromatic heterocycles. The zero-order valence-corrected chi connectivity index (χ0v) is 13.4. The van der Waals surface area contributed by atoms with Gasteiger partial charge in [-0.1, -0.05) is 30.3 Å². The molecule has 0 fully saturated rings. The summed E-state index contributed by atoms with van der Waals surface area (Å²) in [5.74, 6) is -0.374. The summed E-state index contributed by atoms with van der Waals surface area (Å²) >= 11 is 3.39. The number of benzene rings is 2. The lowest BCUT2D eigenvalue weighted by molar-refractivity contribution is 0.0754. The maximum atomic E-state index is 13.7. The number of amides is 1. The van der Waals surface area contributed by atoms with E-state index in [0.717, 1.165) is 9.86 Å². The monoisotopic (exact) mass is 361 g/mol. The van der Waals surface area contributed by atoms with Gasteiger partial charge < -0.3 is 9.32 Å². The summed E-state index contributed by atoms with van der Waals surface area (Å²) in [5, 5.41) is 0.844. The van der Waals surface area contributed by atoms with Crippen LogP contribution in [0.3, 0.4) is 0 Å². The van der Waals surface area contributed by atoms with Crippen LogP contribution in [0.5, 0.6) is 0 Å². The average Bonchev–Trinajstić information content (AvgIpc) is 2.94. The van der Waals surface area contributed by atoms with Crippen LogP contribution in [0.15, 0.2) is 57.4 Å². The van der Waals surface area contributed by atoms with Crippen molar-refractivity contribution < 1.29 is 13.6 Å². The van der Waals surface area contributed by atoms with Gasteiger partial charge in [-0.15, -0.1) is 0 Å². The number of rotatable bonds is 3. The predicted molar refractivity (Wildman–Crippen MR) is 86.1 cm³/mol. The molecule has 0 saturated heterocycles. The van der Waals surface area contributed by atoms with Crippen LogP contribution < -0.4 is 0 Å². The largest absolute Gasteiger partial charge is 0.450 e. The fraction of sp³-hybridized carbons (Fsp3) is 0.118. The number of hydrogen-bond donors (Lipinski definition) is 0. The first-order chi connectivity index (χ1) is 10.6. The molecule has 112 valence electrons. The van der Waals surface area contributed by atoms with Gasteiger partial charge in [0.15, 0.2) is 5.76 Å². The summed E-state index contributed by atoms with van der Waals surface area (Å²) in [5.41, 5.74) is 1.10. The molecular formula is C17H13BrFNO2. The number of para-hydroxylation sites is 1. The number of carbonyl (C=O) groups is 1. The molecule has 3 rings (SSSR count). The van der Waals surface area contributed by atoms with E-state index in [1.165, 1.54) is 11.0 Å². The lowest BCUT2D eigenvalue weighted by atomic mass is 10.2. The molecule has 0 atom stereocenters. The molecule has 0 aliphatic carbocycles. The van der Waals surface area contributed by atoms with E-state index in [9.17, 15) is 9.18 Å². The minimum atomic E-state index is -0.325. The highest BCUT2D eigenvalue weighted by molar-refractivity contribution is 9.10. The van der Waals surface area contributed by atoms with Crippen molar-refractivity contribution in [2.45, 2.75) is 6.54 Å². The van der Waals surface area contributed by atoms with Crippen LogP contribution in [0.1, 0.15) is 16.1 Å². The highest BCUT2D eigenvalue weighted by Gasteiger charge is 2.18. The fourth-order valence-electron chi connectivity index (χ4n) is 2.27. The standard InChI is InChI=1S/C17H13BrFNO2/c1-20(10-12-5-2-3-8-14(12)19)17(21)15-9-11-6-4-7-13(18)16(11)22-15/h2-9H,10H2,1H3. The molecule has 0 radical (unpaired) electrons. The summed E-state index contributed by atoms with van der Waals surface area (Å²) in [6.45, 7) is 0.184. The van der Waals surface area contributed by atoms with E-state index < -0.39 is 0 Å². The highest BCUT2D eigenvalue weighted by atomic mass is 79.9. The van der Waals surface area contributed by atoms with Crippen molar-refractivity contribution in [1.82, 2.24) is 4.90 Å². The van der Waals surface area contributed by atoms with E-state index in [-0.39, 0.29) is 24.0 Å². The van der Waals surface area contributed by atoms with E-state index in [4.69, 9.17) is 4.42 Å². The molecule has 0 aliphatic heterocycles. The molecule has 0 unspecified atom stereocenters. The molecule has 1 amide bonds. The minimum Gasteiger partial charge on any atom is -0.450 e. The first-order valence-electron chi connectivity index (χ1n) is 6.73. The zero-order valence-electron chi connectivity index (χ0n) is 11.8. The van der Waals surface area contributed by atoms with E-state index in [2.05, 4.69) is 15.9 Å². The van der Waals surface area contributed by atoms with Gasteiger partial charge in [0, 0.05) is 24.5 Å². The first kappa shape index (κ1) is 14.8. The molecular weight excluding hydrogens is 349 g/mol. The van der Waals surface area contributed by atoms with Crippen LogP contribution in [0.25, 0.3) is 11.0 Å². The minimum absolute atomic E-state index is 0.184. The van der Waals surface area contributed by atoms with Crippen molar-refractivity contribution in [1.29, 1.82) is 0 Å². The van der Waals surface area contributed by atoms with Crippen molar-refractivity contribution >= 4 is 32.8 Å². The quantitative estimate of drug-likeness (QED) is 0.682. The first-order valence-corrected chi connectivity index (χ1v) is 7.52. The van der Waals surface area contributed by atoms with Crippen LogP contribution in [-0.4, -0.2) is 17.9 Å². The van der Waals surface area contributed by atoms with Crippen molar-refractivity contribution in [3.8, 4) is 0 Å². The van der Waals surface area contributed by atoms with Crippen molar-refractivity contribution in [3.05, 3.63) is 70.1 Å². The Kier molecular flexibility index (Phi) is 3.98. The topological polar surface area (TPSA) is 33.5 Å². The molecule has 1 heterocycles. The Morgan fingerprint density at radius 3 is 2.73 bits per heavy atom. The lowest BCUT2D eigenvalue weighted by Gasteiger charge is -2.16. The third-order valence-electron chi connectivity index (χ3n) is 3.42. The van der Waals surface area contributed by atoms with Gasteiger partial charge in [0.25, 0.3) is 5.91 Å². The van der Waals surface area contributed by atoms with Gasteiger partial charge in [-0.2, -0.15) is 0 Å². The number of fused-ring (bicyclic) bond motifs is 1. The normalized spacial score (nSPS) is 10.9. The summed E-state index contributed by atoms with van der Waals surface area (Å²) < 4.78 is 20.1. The molecule has 0 aliphatic rings. The van der Waals surface area contributed by atoms with Gasteiger partial charge in [-0.3, -0.25) is 4.79 Å².